The minimum Gasteiger partial charge on any atom is -0.473 e. The van der Waals surface area contributed by atoms with Crippen molar-refractivity contribution in [1.82, 2.24) is 24.9 Å². The zero-order chi connectivity index (χ0) is 26.8. The van der Waals surface area contributed by atoms with Gasteiger partial charge in [0.15, 0.2) is 5.65 Å². The fraction of sp³-hybridized carbons (Fsp3) is 0.480. The number of nitrogens with zero attached hydrogens (tertiary/aromatic N) is 4. The number of fused-ring (bicyclic) bond motifs is 1. The predicted molar refractivity (Wildman–Crippen MR) is 132 cm³/mol. The molecule has 3 aromatic heterocycles. The summed E-state index contributed by atoms with van der Waals surface area (Å²) < 4.78 is 32.1. The Labute approximate surface area is 213 Å². The number of aromatic nitrogens is 4. The number of carbonyl (C=O) groups excluding carboxylic acids is 2. The Balaban J connectivity index is 1.51. The largest absolute Gasteiger partial charge is 0.473 e. The molecule has 3 heterocycles. The minimum atomic E-state index is -0.655. The zero-order valence-electron chi connectivity index (χ0n) is 21.5. The van der Waals surface area contributed by atoms with Crippen LogP contribution in [0.1, 0.15) is 63.4 Å². The van der Waals surface area contributed by atoms with Crippen molar-refractivity contribution >= 4 is 23.5 Å². The lowest BCUT2D eigenvalue weighted by atomic mass is 10.1. The maximum atomic E-state index is 14.3. The van der Waals surface area contributed by atoms with Crippen LogP contribution in [0.15, 0.2) is 30.7 Å². The van der Waals surface area contributed by atoms with E-state index in [1.54, 1.807) is 46.9 Å². The van der Waals surface area contributed by atoms with Crippen molar-refractivity contribution in [2.75, 3.05) is 18.5 Å². The lowest BCUT2D eigenvalue weighted by molar-refractivity contribution is 0.0500. The third-order valence-corrected chi connectivity index (χ3v) is 5.56. The molecule has 3 aromatic rings. The molecule has 12 heteroatoms. The molecule has 1 aliphatic carbocycles. The van der Waals surface area contributed by atoms with Crippen LogP contribution >= 0.6 is 0 Å². The Kier molecular flexibility index (Phi) is 7.19. The summed E-state index contributed by atoms with van der Waals surface area (Å²) in [4.78, 5) is 33.0. The summed E-state index contributed by atoms with van der Waals surface area (Å²) in [6.07, 6.45) is 4.53. The highest BCUT2D eigenvalue weighted by Gasteiger charge is 2.47. The van der Waals surface area contributed by atoms with E-state index in [4.69, 9.17) is 14.2 Å². The van der Waals surface area contributed by atoms with Crippen LogP contribution in [-0.2, 0) is 15.0 Å². The standard InChI is InChI=1S/C25H31FN6O5/c1-6-35-22(33)17-14-29-32-10-7-19(30-20(17)32)31-25(8-9-25)18-11-16(26)13-27-21(18)36-15(2)12-28-23(34)37-24(3,4)5/h7,10-11,13-15H,6,8-9,12H2,1-5H3,(H,28,34)(H,30,31)/t15-/m0/s1. The van der Waals surface area contributed by atoms with Gasteiger partial charge in [0.2, 0.25) is 5.88 Å². The second kappa shape index (κ2) is 10.2. The summed E-state index contributed by atoms with van der Waals surface area (Å²) in [6, 6.07) is 3.10. The number of anilines is 1. The van der Waals surface area contributed by atoms with Crippen LogP contribution < -0.4 is 15.4 Å². The van der Waals surface area contributed by atoms with Gasteiger partial charge in [0, 0.05) is 11.8 Å². The van der Waals surface area contributed by atoms with E-state index in [1.165, 1.54) is 16.8 Å². The van der Waals surface area contributed by atoms with Gasteiger partial charge in [-0.2, -0.15) is 5.10 Å². The molecule has 1 fully saturated rings. The smallest absolute Gasteiger partial charge is 0.407 e. The van der Waals surface area contributed by atoms with Crippen LogP contribution in [0, 0.1) is 5.82 Å². The summed E-state index contributed by atoms with van der Waals surface area (Å²) in [5.41, 5.74) is -0.141. The van der Waals surface area contributed by atoms with Gasteiger partial charge in [0.05, 0.1) is 31.1 Å². The molecule has 1 aliphatic rings. The number of alkyl carbamates (subject to hydrolysis) is 1. The number of hydrogen-bond donors (Lipinski definition) is 2. The molecule has 1 amide bonds. The second-order valence-corrected chi connectivity index (χ2v) is 9.88. The SMILES string of the molecule is CCOC(=O)c1cnn2ccc(NC3(c4cc(F)cnc4O[C@@H](C)CNC(=O)OC(C)(C)C)CC3)nc12. The first kappa shape index (κ1) is 26.1. The maximum absolute atomic E-state index is 14.3. The molecule has 2 N–H and O–H groups in total. The second-order valence-electron chi connectivity index (χ2n) is 9.88. The number of amides is 1. The fourth-order valence-corrected chi connectivity index (χ4v) is 3.76. The first-order valence-electron chi connectivity index (χ1n) is 12.1. The Morgan fingerprint density at radius 1 is 1.27 bits per heavy atom. The van der Waals surface area contributed by atoms with Gasteiger partial charge in [-0.15, -0.1) is 0 Å². The molecule has 37 heavy (non-hydrogen) atoms. The summed E-state index contributed by atoms with van der Waals surface area (Å²) in [5, 5.41) is 10.2. The molecule has 1 atom stereocenters. The third-order valence-electron chi connectivity index (χ3n) is 5.56. The van der Waals surface area contributed by atoms with E-state index in [9.17, 15) is 14.0 Å². The quantitative estimate of drug-likeness (QED) is 0.409. The number of carbonyl (C=O) groups is 2. The van der Waals surface area contributed by atoms with Gasteiger partial charge >= 0.3 is 12.1 Å². The maximum Gasteiger partial charge on any atom is 0.407 e. The lowest BCUT2D eigenvalue weighted by Crippen LogP contribution is -2.38. The van der Waals surface area contributed by atoms with Gasteiger partial charge in [-0.1, -0.05) is 0 Å². The number of nitrogens with one attached hydrogen (secondary N) is 2. The number of rotatable bonds is 9. The summed E-state index contributed by atoms with van der Waals surface area (Å²) in [7, 11) is 0. The molecule has 0 unspecified atom stereocenters. The molecular formula is C25H31FN6O5. The van der Waals surface area contributed by atoms with Gasteiger partial charge in [0.1, 0.15) is 28.9 Å². The fourth-order valence-electron chi connectivity index (χ4n) is 3.76. The molecule has 198 valence electrons. The van der Waals surface area contributed by atoms with Crippen molar-refractivity contribution < 1.29 is 28.2 Å². The Morgan fingerprint density at radius 3 is 2.70 bits per heavy atom. The number of pyridine rings is 1. The van der Waals surface area contributed by atoms with Crippen molar-refractivity contribution in [3.63, 3.8) is 0 Å². The van der Waals surface area contributed by atoms with Gasteiger partial charge in [-0.05, 0) is 59.6 Å². The Bertz CT molecular complexity index is 1300. The lowest BCUT2D eigenvalue weighted by Gasteiger charge is -2.24. The molecule has 0 radical (unpaired) electrons. The highest BCUT2D eigenvalue weighted by atomic mass is 19.1. The van der Waals surface area contributed by atoms with Gasteiger partial charge in [0.25, 0.3) is 0 Å². The molecule has 0 aliphatic heterocycles. The number of ether oxygens (including phenoxy) is 3. The predicted octanol–water partition coefficient (Wildman–Crippen LogP) is 3.83. The van der Waals surface area contributed by atoms with E-state index < -0.39 is 35.1 Å². The van der Waals surface area contributed by atoms with Crippen molar-refractivity contribution in [3.05, 3.63) is 47.7 Å². The number of esters is 1. The van der Waals surface area contributed by atoms with Crippen LogP contribution in [0.5, 0.6) is 5.88 Å². The molecule has 0 spiro atoms. The summed E-state index contributed by atoms with van der Waals surface area (Å²) in [5.74, 6) is -0.283. The van der Waals surface area contributed by atoms with E-state index in [-0.39, 0.29) is 24.6 Å². The van der Waals surface area contributed by atoms with E-state index >= 15 is 0 Å². The average molecular weight is 515 g/mol. The summed E-state index contributed by atoms with van der Waals surface area (Å²) >= 11 is 0. The van der Waals surface area contributed by atoms with Gasteiger partial charge in [-0.3, -0.25) is 0 Å². The Hall–Kier alpha value is -3.96. The monoisotopic (exact) mass is 514 g/mol. The zero-order valence-corrected chi connectivity index (χ0v) is 21.5. The number of hydrogen-bond acceptors (Lipinski definition) is 9. The molecule has 0 aromatic carbocycles. The van der Waals surface area contributed by atoms with Crippen molar-refractivity contribution in [3.8, 4) is 5.88 Å². The average Bonchev–Trinajstić information content (AvgIpc) is 3.47. The topological polar surface area (TPSA) is 129 Å². The highest BCUT2D eigenvalue weighted by Crippen LogP contribution is 2.51. The number of halogens is 1. The molecular weight excluding hydrogens is 483 g/mol. The first-order valence-corrected chi connectivity index (χ1v) is 12.1. The molecule has 0 bridgehead atoms. The van der Waals surface area contributed by atoms with E-state index in [0.29, 0.717) is 29.9 Å². The van der Waals surface area contributed by atoms with Crippen LogP contribution in [0.4, 0.5) is 15.0 Å². The molecule has 0 saturated heterocycles. The van der Waals surface area contributed by atoms with E-state index in [0.717, 1.165) is 6.20 Å². The van der Waals surface area contributed by atoms with Crippen LogP contribution in [0.3, 0.4) is 0 Å². The van der Waals surface area contributed by atoms with Crippen LogP contribution in [0.25, 0.3) is 5.65 Å². The first-order chi connectivity index (χ1) is 17.5. The molecule has 1 saturated carbocycles. The van der Waals surface area contributed by atoms with Crippen LogP contribution in [0.2, 0.25) is 0 Å². The molecule has 11 nitrogen and oxygen atoms in total. The van der Waals surface area contributed by atoms with E-state index in [2.05, 4.69) is 25.7 Å². The normalized spacial score (nSPS) is 15.1. The molecule has 4 rings (SSSR count). The van der Waals surface area contributed by atoms with E-state index in [1.807, 2.05) is 0 Å². The summed E-state index contributed by atoms with van der Waals surface area (Å²) in [6.45, 7) is 9.23. The van der Waals surface area contributed by atoms with Gasteiger partial charge < -0.3 is 24.8 Å². The van der Waals surface area contributed by atoms with Crippen molar-refractivity contribution in [1.29, 1.82) is 0 Å². The minimum absolute atomic E-state index is 0.171. The van der Waals surface area contributed by atoms with Crippen molar-refractivity contribution in [2.24, 2.45) is 0 Å². The highest BCUT2D eigenvalue weighted by molar-refractivity contribution is 5.95. The Morgan fingerprint density at radius 2 is 2.03 bits per heavy atom. The third kappa shape index (κ3) is 6.25. The van der Waals surface area contributed by atoms with Crippen LogP contribution in [-0.4, -0.2) is 56.5 Å². The van der Waals surface area contributed by atoms with Crippen molar-refractivity contribution in [2.45, 2.75) is 64.7 Å². The van der Waals surface area contributed by atoms with Gasteiger partial charge in [-0.25, -0.2) is 28.5 Å².